The van der Waals surface area contributed by atoms with Crippen molar-refractivity contribution in [3.8, 4) is 0 Å². The van der Waals surface area contributed by atoms with Gasteiger partial charge in [0.15, 0.2) is 0 Å². The van der Waals surface area contributed by atoms with Gasteiger partial charge in [-0.25, -0.2) is 10.2 Å². The van der Waals surface area contributed by atoms with Gasteiger partial charge in [-0.15, -0.1) is 0 Å². The van der Waals surface area contributed by atoms with E-state index >= 15 is 0 Å². The van der Waals surface area contributed by atoms with Gasteiger partial charge in [-0.1, -0.05) is 0 Å². The van der Waals surface area contributed by atoms with Gasteiger partial charge in [0.2, 0.25) is 0 Å². The zero-order valence-corrected chi connectivity index (χ0v) is 5.63. The van der Waals surface area contributed by atoms with Crippen LogP contribution in [0.2, 0.25) is 0 Å². The van der Waals surface area contributed by atoms with E-state index in [1.807, 2.05) is 5.43 Å². The molecule has 0 unspecified atom stereocenters. The van der Waals surface area contributed by atoms with Crippen LogP contribution in [0.25, 0.3) is 0 Å². The van der Waals surface area contributed by atoms with E-state index in [0.717, 1.165) is 31.4 Å². The summed E-state index contributed by atoms with van der Waals surface area (Å²) in [7, 11) is 0. The number of amides is 1. The van der Waals surface area contributed by atoms with Gasteiger partial charge in [0, 0.05) is 5.71 Å². The molecule has 4 nitrogen and oxygen atoms in total. The van der Waals surface area contributed by atoms with Crippen LogP contribution in [0.1, 0.15) is 25.7 Å². The Labute approximate surface area is 58.9 Å². The molecule has 1 aliphatic carbocycles. The maximum atomic E-state index is 9.94. The molecule has 1 rings (SSSR count). The number of nitrogens with one attached hydrogen (secondary N) is 1. The van der Waals surface area contributed by atoms with Crippen molar-refractivity contribution in [2.75, 3.05) is 0 Å². The van der Waals surface area contributed by atoms with E-state index in [1.165, 1.54) is 0 Å². The fourth-order valence-electron chi connectivity index (χ4n) is 1.02. The molecule has 0 aromatic heterocycles. The topological polar surface area (TPSA) is 61.7 Å². The summed E-state index contributed by atoms with van der Waals surface area (Å²) < 4.78 is 0. The van der Waals surface area contributed by atoms with Gasteiger partial charge in [-0.05, 0) is 25.7 Å². The number of hydrogen-bond acceptors (Lipinski definition) is 2. The van der Waals surface area contributed by atoms with Crippen LogP contribution < -0.4 is 5.43 Å². The van der Waals surface area contributed by atoms with E-state index in [2.05, 4.69) is 5.10 Å². The molecule has 56 valence electrons. The van der Waals surface area contributed by atoms with E-state index in [4.69, 9.17) is 5.11 Å². The largest absolute Gasteiger partial charge is 0.464 e. The number of carboxylic acid groups (broad SMARTS) is 1. The minimum atomic E-state index is -1.08. The summed E-state index contributed by atoms with van der Waals surface area (Å²) in [5.74, 6) is 0. The fourth-order valence-corrected chi connectivity index (χ4v) is 1.02. The minimum Gasteiger partial charge on any atom is -0.464 e. The SMILES string of the molecule is O=C(O)NN=C1CCCC1. The molecular weight excluding hydrogens is 132 g/mol. The van der Waals surface area contributed by atoms with Crippen molar-refractivity contribution in [2.45, 2.75) is 25.7 Å². The number of rotatable bonds is 1. The first kappa shape index (κ1) is 7.05. The van der Waals surface area contributed by atoms with Gasteiger partial charge in [-0.2, -0.15) is 5.10 Å². The average molecular weight is 142 g/mol. The summed E-state index contributed by atoms with van der Waals surface area (Å²) in [5, 5.41) is 11.8. The Morgan fingerprint density at radius 1 is 1.50 bits per heavy atom. The molecule has 0 atom stereocenters. The quantitative estimate of drug-likeness (QED) is 0.540. The molecule has 10 heavy (non-hydrogen) atoms. The monoisotopic (exact) mass is 142 g/mol. The highest BCUT2D eigenvalue weighted by atomic mass is 16.4. The normalized spacial score (nSPS) is 17.0. The Bertz CT molecular complexity index is 157. The molecule has 0 aromatic rings. The summed E-state index contributed by atoms with van der Waals surface area (Å²) in [6.45, 7) is 0. The van der Waals surface area contributed by atoms with Crippen molar-refractivity contribution < 1.29 is 9.90 Å². The maximum Gasteiger partial charge on any atom is 0.425 e. The van der Waals surface area contributed by atoms with Gasteiger partial charge in [-0.3, -0.25) is 0 Å². The van der Waals surface area contributed by atoms with Gasteiger partial charge >= 0.3 is 6.09 Å². The van der Waals surface area contributed by atoms with Crippen LogP contribution in [0.4, 0.5) is 4.79 Å². The van der Waals surface area contributed by atoms with Gasteiger partial charge in [0.25, 0.3) is 0 Å². The Kier molecular flexibility index (Phi) is 2.25. The predicted octanol–water partition coefficient (Wildman–Crippen LogP) is 1.18. The third-order valence-corrected chi connectivity index (χ3v) is 1.49. The molecule has 2 N–H and O–H groups in total. The van der Waals surface area contributed by atoms with Crippen LogP contribution in [0.15, 0.2) is 5.10 Å². The molecule has 1 saturated carbocycles. The number of carbonyl (C=O) groups is 1. The number of hydrazone groups is 1. The highest BCUT2D eigenvalue weighted by Gasteiger charge is 2.07. The van der Waals surface area contributed by atoms with Crippen LogP contribution in [-0.2, 0) is 0 Å². The highest BCUT2D eigenvalue weighted by Crippen LogP contribution is 2.13. The Morgan fingerprint density at radius 2 is 2.10 bits per heavy atom. The summed E-state index contributed by atoms with van der Waals surface area (Å²) in [6.07, 6.45) is 3.08. The van der Waals surface area contributed by atoms with Crippen molar-refractivity contribution >= 4 is 11.8 Å². The number of nitrogens with zero attached hydrogens (tertiary/aromatic N) is 1. The molecule has 0 saturated heterocycles. The second-order valence-corrected chi connectivity index (χ2v) is 2.30. The molecule has 0 aromatic carbocycles. The first-order chi connectivity index (χ1) is 4.79. The van der Waals surface area contributed by atoms with E-state index < -0.39 is 6.09 Å². The molecule has 0 bridgehead atoms. The Balaban J connectivity index is 2.31. The second-order valence-electron chi connectivity index (χ2n) is 2.30. The molecule has 0 heterocycles. The van der Waals surface area contributed by atoms with Gasteiger partial charge < -0.3 is 5.11 Å². The fraction of sp³-hybridized carbons (Fsp3) is 0.667. The Morgan fingerprint density at radius 3 is 2.60 bits per heavy atom. The van der Waals surface area contributed by atoms with Crippen molar-refractivity contribution in [2.24, 2.45) is 5.10 Å². The lowest BCUT2D eigenvalue weighted by atomic mass is 10.3. The molecule has 4 heteroatoms. The maximum absolute atomic E-state index is 9.94. The van der Waals surface area contributed by atoms with Gasteiger partial charge in [0.1, 0.15) is 0 Å². The van der Waals surface area contributed by atoms with E-state index in [-0.39, 0.29) is 0 Å². The second kappa shape index (κ2) is 3.20. The first-order valence-electron chi connectivity index (χ1n) is 3.33. The predicted molar refractivity (Wildman–Crippen MR) is 37.1 cm³/mol. The van der Waals surface area contributed by atoms with Crippen molar-refractivity contribution in [1.82, 2.24) is 5.43 Å². The third-order valence-electron chi connectivity index (χ3n) is 1.49. The smallest absolute Gasteiger partial charge is 0.425 e. The van der Waals surface area contributed by atoms with Crippen molar-refractivity contribution in [3.05, 3.63) is 0 Å². The highest BCUT2D eigenvalue weighted by molar-refractivity contribution is 5.86. The van der Waals surface area contributed by atoms with Crippen LogP contribution in [0.5, 0.6) is 0 Å². The summed E-state index contributed by atoms with van der Waals surface area (Å²) >= 11 is 0. The zero-order chi connectivity index (χ0) is 7.40. The minimum absolute atomic E-state index is 0.945. The molecule has 1 aliphatic rings. The Hall–Kier alpha value is -1.06. The summed E-state index contributed by atoms with van der Waals surface area (Å²) in [5.41, 5.74) is 2.97. The van der Waals surface area contributed by atoms with Crippen LogP contribution in [0, 0.1) is 0 Å². The number of hydrogen-bond donors (Lipinski definition) is 2. The zero-order valence-electron chi connectivity index (χ0n) is 5.63. The van der Waals surface area contributed by atoms with Crippen LogP contribution >= 0.6 is 0 Å². The molecule has 1 fully saturated rings. The lowest BCUT2D eigenvalue weighted by Crippen LogP contribution is -2.15. The molecule has 0 spiro atoms. The van der Waals surface area contributed by atoms with Crippen LogP contribution in [0.3, 0.4) is 0 Å². The lowest BCUT2D eigenvalue weighted by molar-refractivity contribution is 0.195. The summed E-state index contributed by atoms with van der Waals surface area (Å²) in [4.78, 5) is 9.94. The lowest BCUT2D eigenvalue weighted by Gasteiger charge is -1.92. The summed E-state index contributed by atoms with van der Waals surface area (Å²) in [6, 6.07) is 0. The van der Waals surface area contributed by atoms with E-state index in [9.17, 15) is 4.79 Å². The third kappa shape index (κ3) is 2.05. The van der Waals surface area contributed by atoms with Crippen molar-refractivity contribution in [3.63, 3.8) is 0 Å². The first-order valence-corrected chi connectivity index (χ1v) is 3.33. The molecule has 1 amide bonds. The standard InChI is InChI=1S/C6H10N2O2/c9-6(10)8-7-5-3-1-2-4-5/h8H,1-4H2,(H,9,10). The van der Waals surface area contributed by atoms with E-state index in [1.54, 1.807) is 0 Å². The average Bonchev–Trinajstić information content (AvgIpc) is 2.34. The van der Waals surface area contributed by atoms with E-state index in [0.29, 0.717) is 0 Å². The molecule has 0 radical (unpaired) electrons. The molecule has 0 aliphatic heterocycles. The molecular formula is C6H10N2O2. The van der Waals surface area contributed by atoms with Crippen molar-refractivity contribution in [1.29, 1.82) is 0 Å². The van der Waals surface area contributed by atoms with Gasteiger partial charge in [0.05, 0.1) is 0 Å². The van der Waals surface area contributed by atoms with Crippen LogP contribution in [-0.4, -0.2) is 16.9 Å².